The van der Waals surface area contributed by atoms with E-state index in [9.17, 15) is 22.8 Å². The summed E-state index contributed by atoms with van der Waals surface area (Å²) >= 11 is 0. The van der Waals surface area contributed by atoms with Crippen molar-refractivity contribution < 1.29 is 27.5 Å². The van der Waals surface area contributed by atoms with Crippen LogP contribution in [0.15, 0.2) is 30.6 Å². The maximum absolute atomic E-state index is 12.2. The second kappa shape index (κ2) is 8.61. The van der Waals surface area contributed by atoms with Crippen molar-refractivity contribution in [3.63, 3.8) is 0 Å². The number of hydrogen-bond acceptors (Lipinski definition) is 5. The number of hydrogen-bond donors (Lipinski definition) is 1. The molecule has 2 heterocycles. The molecule has 0 aliphatic heterocycles. The number of carbonyl (C=O) groups excluding carboxylic acids is 2. The molecule has 0 atom stereocenters. The number of rotatable bonds is 7. The van der Waals surface area contributed by atoms with E-state index in [4.69, 9.17) is 0 Å². The first kappa shape index (κ1) is 20.3. The number of Topliss-reactive ketones (excluding diaryl/α,β-unsaturated/α-hetero) is 1. The molecule has 0 aromatic carbocycles. The predicted molar refractivity (Wildman–Crippen MR) is 90.3 cm³/mol. The van der Waals surface area contributed by atoms with Gasteiger partial charge in [-0.3, -0.25) is 14.6 Å². The van der Waals surface area contributed by atoms with E-state index in [2.05, 4.69) is 20.0 Å². The van der Waals surface area contributed by atoms with E-state index in [1.165, 1.54) is 31.5 Å². The molecule has 2 aromatic heterocycles. The zero-order chi connectivity index (χ0) is 20.0. The average Bonchev–Trinajstić information content (AvgIpc) is 2.57. The first-order valence-electron chi connectivity index (χ1n) is 8.01. The van der Waals surface area contributed by atoms with Crippen LogP contribution in [0.25, 0.3) is 0 Å². The number of halogens is 3. The minimum absolute atomic E-state index is 0.0607. The highest BCUT2D eigenvalue weighted by molar-refractivity contribution is 5.94. The van der Waals surface area contributed by atoms with Gasteiger partial charge in [-0.05, 0) is 37.6 Å². The van der Waals surface area contributed by atoms with E-state index >= 15 is 0 Å². The minimum atomic E-state index is -4.44. The van der Waals surface area contributed by atoms with Gasteiger partial charge in [0.05, 0.1) is 0 Å². The zero-order valence-electron chi connectivity index (χ0n) is 14.8. The highest BCUT2D eigenvalue weighted by atomic mass is 19.4. The summed E-state index contributed by atoms with van der Waals surface area (Å²) in [6, 6.07) is 4.65. The Hall–Kier alpha value is -2.97. The zero-order valence-corrected chi connectivity index (χ0v) is 14.8. The molecule has 2 rings (SSSR count). The Labute approximate surface area is 153 Å². The summed E-state index contributed by atoms with van der Waals surface area (Å²) in [4.78, 5) is 31.3. The Morgan fingerprint density at radius 1 is 1.22 bits per heavy atom. The molecule has 144 valence electrons. The Kier molecular flexibility index (Phi) is 6.49. The van der Waals surface area contributed by atoms with Gasteiger partial charge in [0, 0.05) is 42.2 Å². The molecular weight excluding hydrogens is 363 g/mol. The fourth-order valence-electron chi connectivity index (χ4n) is 2.27. The number of amides is 1. The van der Waals surface area contributed by atoms with Gasteiger partial charge >= 0.3 is 6.18 Å². The number of carbonyl (C=O) groups is 2. The fourth-order valence-corrected chi connectivity index (χ4v) is 2.27. The molecule has 2 aromatic rings. The quantitative estimate of drug-likeness (QED) is 0.798. The van der Waals surface area contributed by atoms with Crippen molar-refractivity contribution in [2.24, 2.45) is 0 Å². The van der Waals surface area contributed by atoms with Crippen LogP contribution in [-0.2, 0) is 17.8 Å². The lowest BCUT2D eigenvalue weighted by molar-refractivity contribution is -0.154. The highest BCUT2D eigenvalue weighted by Crippen LogP contribution is 2.20. The van der Waals surface area contributed by atoms with Gasteiger partial charge < -0.3 is 10.1 Å². The van der Waals surface area contributed by atoms with Crippen LogP contribution < -0.4 is 10.1 Å². The summed E-state index contributed by atoms with van der Waals surface area (Å²) in [5.74, 6) is -0.530. The monoisotopic (exact) mass is 381 g/mol. The van der Waals surface area contributed by atoms with Crippen LogP contribution in [0.3, 0.4) is 0 Å². The van der Waals surface area contributed by atoms with Crippen LogP contribution >= 0.6 is 0 Å². The first-order valence-corrected chi connectivity index (χ1v) is 8.01. The SMILES string of the molecule is CC(=O)Cc1cc(C(=O)NCc2cnc(OCC(F)(F)F)c(C)c2)ccn1. The summed E-state index contributed by atoms with van der Waals surface area (Å²) in [5, 5.41) is 2.69. The second-order valence-electron chi connectivity index (χ2n) is 5.97. The van der Waals surface area contributed by atoms with Gasteiger partial charge in [0.1, 0.15) is 5.78 Å². The maximum atomic E-state index is 12.2. The van der Waals surface area contributed by atoms with Gasteiger partial charge in [0.25, 0.3) is 5.91 Å². The molecule has 1 N–H and O–H groups in total. The first-order chi connectivity index (χ1) is 12.6. The number of alkyl halides is 3. The molecule has 0 bridgehead atoms. The summed E-state index contributed by atoms with van der Waals surface area (Å²) < 4.78 is 41.2. The Morgan fingerprint density at radius 3 is 2.59 bits per heavy atom. The van der Waals surface area contributed by atoms with Gasteiger partial charge in [-0.25, -0.2) is 4.98 Å². The van der Waals surface area contributed by atoms with Crippen molar-refractivity contribution >= 4 is 11.7 Å². The van der Waals surface area contributed by atoms with Crippen LogP contribution in [0.5, 0.6) is 5.88 Å². The molecule has 0 aliphatic rings. The van der Waals surface area contributed by atoms with Gasteiger partial charge in [-0.15, -0.1) is 0 Å². The number of pyridine rings is 2. The van der Waals surface area contributed by atoms with Gasteiger partial charge in [-0.2, -0.15) is 13.2 Å². The topological polar surface area (TPSA) is 81.2 Å². The predicted octanol–water partition coefficient (Wildman–Crippen LogP) is 2.79. The van der Waals surface area contributed by atoms with Crippen LogP contribution in [-0.4, -0.2) is 34.4 Å². The molecule has 0 saturated carbocycles. The van der Waals surface area contributed by atoms with Crippen LogP contribution in [0.2, 0.25) is 0 Å². The number of aromatic nitrogens is 2. The third-order valence-corrected chi connectivity index (χ3v) is 3.42. The molecule has 0 unspecified atom stereocenters. The second-order valence-corrected chi connectivity index (χ2v) is 5.97. The smallest absolute Gasteiger partial charge is 0.422 e. The Bertz CT molecular complexity index is 838. The largest absolute Gasteiger partial charge is 0.468 e. The van der Waals surface area contributed by atoms with E-state index in [1.807, 2.05) is 0 Å². The summed E-state index contributed by atoms with van der Waals surface area (Å²) in [6.07, 6.45) is -1.51. The standard InChI is InChI=1S/C18H18F3N3O3/c1-11-5-13(9-24-17(11)27-10-18(19,20)21)8-23-16(26)14-3-4-22-15(7-14)6-12(2)25/h3-5,7,9H,6,8,10H2,1-2H3,(H,23,26). The number of ketones is 1. The molecule has 1 amide bonds. The van der Waals surface area contributed by atoms with E-state index in [0.29, 0.717) is 22.4 Å². The van der Waals surface area contributed by atoms with Crippen molar-refractivity contribution in [3.8, 4) is 5.88 Å². The van der Waals surface area contributed by atoms with Crippen molar-refractivity contribution in [3.05, 3.63) is 53.0 Å². The van der Waals surface area contributed by atoms with Crippen molar-refractivity contribution in [1.82, 2.24) is 15.3 Å². The summed E-state index contributed by atoms with van der Waals surface area (Å²) in [5.41, 5.74) is 1.90. The van der Waals surface area contributed by atoms with Gasteiger partial charge in [-0.1, -0.05) is 0 Å². The maximum Gasteiger partial charge on any atom is 0.422 e. The third kappa shape index (κ3) is 6.69. The van der Waals surface area contributed by atoms with Crippen molar-refractivity contribution in [1.29, 1.82) is 0 Å². The number of aryl methyl sites for hydroxylation is 1. The lowest BCUT2D eigenvalue weighted by atomic mass is 10.1. The molecule has 0 saturated heterocycles. The Balaban J connectivity index is 1.97. The number of nitrogens with zero attached hydrogens (tertiary/aromatic N) is 2. The molecule has 27 heavy (non-hydrogen) atoms. The minimum Gasteiger partial charge on any atom is -0.468 e. The molecule has 0 fully saturated rings. The molecule has 0 spiro atoms. The molecule has 0 radical (unpaired) electrons. The van der Waals surface area contributed by atoms with E-state index in [0.717, 1.165) is 0 Å². The van der Waals surface area contributed by atoms with Crippen molar-refractivity contribution in [2.45, 2.75) is 33.0 Å². The summed E-state index contributed by atoms with van der Waals surface area (Å²) in [6.45, 7) is 1.73. The van der Waals surface area contributed by atoms with Crippen LogP contribution in [0.1, 0.15) is 34.1 Å². The lowest BCUT2D eigenvalue weighted by Gasteiger charge is -2.12. The molecular formula is C18H18F3N3O3. The van der Waals surface area contributed by atoms with E-state index in [1.54, 1.807) is 13.0 Å². The molecule has 6 nitrogen and oxygen atoms in total. The normalized spacial score (nSPS) is 11.1. The van der Waals surface area contributed by atoms with Crippen molar-refractivity contribution in [2.75, 3.05) is 6.61 Å². The van der Waals surface area contributed by atoms with E-state index in [-0.39, 0.29) is 30.5 Å². The van der Waals surface area contributed by atoms with Gasteiger partial charge in [0.15, 0.2) is 6.61 Å². The van der Waals surface area contributed by atoms with Crippen LogP contribution in [0, 0.1) is 6.92 Å². The third-order valence-electron chi connectivity index (χ3n) is 3.42. The fraction of sp³-hybridized carbons (Fsp3) is 0.333. The molecule has 0 aliphatic carbocycles. The van der Waals surface area contributed by atoms with Crippen LogP contribution in [0.4, 0.5) is 13.2 Å². The number of nitrogens with one attached hydrogen (secondary N) is 1. The summed E-state index contributed by atoms with van der Waals surface area (Å²) in [7, 11) is 0. The lowest BCUT2D eigenvalue weighted by Crippen LogP contribution is -2.23. The van der Waals surface area contributed by atoms with Gasteiger partial charge in [0.2, 0.25) is 5.88 Å². The average molecular weight is 381 g/mol. The van der Waals surface area contributed by atoms with E-state index < -0.39 is 12.8 Å². The molecule has 9 heteroatoms. The number of ether oxygens (including phenoxy) is 1. The Morgan fingerprint density at radius 2 is 1.96 bits per heavy atom. The highest BCUT2D eigenvalue weighted by Gasteiger charge is 2.29.